The van der Waals surface area contributed by atoms with Gasteiger partial charge in [0.25, 0.3) is 11.8 Å². The normalized spacial score (nSPS) is 15.4. The molecule has 0 atom stereocenters. The summed E-state index contributed by atoms with van der Waals surface area (Å²) in [6, 6.07) is 24.9. The number of carbonyl (C=O) groups is 2. The van der Waals surface area contributed by atoms with Crippen LogP contribution in [0.3, 0.4) is 0 Å². The topological polar surface area (TPSA) is 37.4 Å². The number of amides is 2. The lowest BCUT2D eigenvalue weighted by Crippen LogP contribution is -2.34. The Bertz CT molecular complexity index is 1390. The van der Waals surface area contributed by atoms with Gasteiger partial charge >= 0.3 is 0 Å². The summed E-state index contributed by atoms with van der Waals surface area (Å²) in [5, 5.41) is 4.50. The van der Waals surface area contributed by atoms with E-state index >= 15 is 0 Å². The predicted octanol–water partition coefficient (Wildman–Crippen LogP) is 6.69. The standard InChI is InChI=1S/C25H14ClNO2S2/c26-21-12-6-5-11-19(21)23(28)27-24(29)22(31-25(27)30)14-20-17-9-3-1-7-15(17)13-16-8-2-4-10-18(16)20/h1-14H/b22-14-. The molecule has 1 fully saturated rings. The molecule has 6 heteroatoms. The summed E-state index contributed by atoms with van der Waals surface area (Å²) >= 11 is 12.7. The largest absolute Gasteiger partial charge is 0.273 e. The Labute approximate surface area is 193 Å². The Morgan fingerprint density at radius 2 is 1.48 bits per heavy atom. The molecule has 0 unspecified atom stereocenters. The zero-order chi connectivity index (χ0) is 21.5. The van der Waals surface area contributed by atoms with Crippen molar-refractivity contribution in [1.82, 2.24) is 4.90 Å². The van der Waals surface area contributed by atoms with Gasteiger partial charge in [-0.1, -0.05) is 96.2 Å². The van der Waals surface area contributed by atoms with Gasteiger partial charge in [0.05, 0.1) is 15.5 Å². The number of carbonyl (C=O) groups excluding carboxylic acids is 2. The van der Waals surface area contributed by atoms with Crippen molar-refractivity contribution >= 4 is 79.3 Å². The zero-order valence-electron chi connectivity index (χ0n) is 16.0. The van der Waals surface area contributed by atoms with Crippen LogP contribution in [-0.2, 0) is 4.79 Å². The molecule has 5 rings (SSSR count). The van der Waals surface area contributed by atoms with Crippen molar-refractivity contribution in [2.75, 3.05) is 0 Å². The Morgan fingerprint density at radius 1 is 0.903 bits per heavy atom. The number of hydrogen-bond acceptors (Lipinski definition) is 4. The van der Waals surface area contributed by atoms with E-state index in [0.717, 1.165) is 43.8 Å². The number of hydrogen-bond donors (Lipinski definition) is 0. The highest BCUT2D eigenvalue weighted by Crippen LogP contribution is 2.37. The molecule has 1 aliphatic rings. The van der Waals surface area contributed by atoms with Gasteiger partial charge in [0.15, 0.2) is 4.32 Å². The molecule has 4 aromatic rings. The molecule has 150 valence electrons. The molecular weight excluding hydrogens is 446 g/mol. The first-order chi connectivity index (χ1) is 15.0. The van der Waals surface area contributed by atoms with Gasteiger partial charge in [-0.3, -0.25) is 9.59 Å². The van der Waals surface area contributed by atoms with Crippen molar-refractivity contribution in [3.8, 4) is 0 Å². The summed E-state index contributed by atoms with van der Waals surface area (Å²) in [4.78, 5) is 27.6. The van der Waals surface area contributed by atoms with Gasteiger partial charge in [0, 0.05) is 0 Å². The van der Waals surface area contributed by atoms with Gasteiger partial charge in [0.1, 0.15) is 0 Å². The Kier molecular flexibility index (Phi) is 5.10. The van der Waals surface area contributed by atoms with Crippen molar-refractivity contribution < 1.29 is 9.59 Å². The first-order valence-corrected chi connectivity index (χ1v) is 11.1. The van der Waals surface area contributed by atoms with Gasteiger partial charge in [-0.05, 0) is 51.4 Å². The number of halogens is 1. The molecule has 31 heavy (non-hydrogen) atoms. The van der Waals surface area contributed by atoms with E-state index in [9.17, 15) is 9.59 Å². The number of rotatable bonds is 2. The first kappa shape index (κ1) is 19.9. The van der Waals surface area contributed by atoms with Gasteiger partial charge in [-0.25, -0.2) is 4.90 Å². The molecule has 0 bridgehead atoms. The zero-order valence-corrected chi connectivity index (χ0v) is 18.4. The van der Waals surface area contributed by atoms with Crippen LogP contribution in [0.25, 0.3) is 27.6 Å². The molecule has 0 radical (unpaired) electrons. The summed E-state index contributed by atoms with van der Waals surface area (Å²) in [5.74, 6) is -0.948. The summed E-state index contributed by atoms with van der Waals surface area (Å²) in [7, 11) is 0. The van der Waals surface area contributed by atoms with Crippen LogP contribution in [0, 0.1) is 0 Å². The third kappa shape index (κ3) is 3.45. The average molecular weight is 460 g/mol. The number of fused-ring (bicyclic) bond motifs is 2. The fraction of sp³-hybridized carbons (Fsp3) is 0. The van der Waals surface area contributed by atoms with Crippen LogP contribution in [0.2, 0.25) is 5.02 Å². The maximum Gasteiger partial charge on any atom is 0.273 e. The van der Waals surface area contributed by atoms with Crippen LogP contribution in [0.15, 0.2) is 83.8 Å². The number of imide groups is 1. The SMILES string of the molecule is O=C1/C(=C/c2c3ccccc3cc3ccccc23)SC(=S)N1C(=O)c1ccccc1Cl. The van der Waals surface area contributed by atoms with Gasteiger partial charge in [-0.15, -0.1) is 0 Å². The highest BCUT2D eigenvalue weighted by atomic mass is 35.5. The second-order valence-electron chi connectivity index (χ2n) is 7.03. The highest BCUT2D eigenvalue weighted by molar-refractivity contribution is 8.26. The van der Waals surface area contributed by atoms with Crippen LogP contribution in [0.1, 0.15) is 15.9 Å². The van der Waals surface area contributed by atoms with Gasteiger partial charge in [-0.2, -0.15) is 0 Å². The minimum Gasteiger partial charge on any atom is -0.268 e. The monoisotopic (exact) mass is 459 g/mol. The van der Waals surface area contributed by atoms with E-state index in [1.807, 2.05) is 54.6 Å². The summed E-state index contributed by atoms with van der Waals surface area (Å²) in [6.45, 7) is 0. The first-order valence-electron chi connectivity index (χ1n) is 9.52. The van der Waals surface area contributed by atoms with E-state index in [1.165, 1.54) is 0 Å². The van der Waals surface area contributed by atoms with Crippen molar-refractivity contribution in [1.29, 1.82) is 0 Å². The maximum atomic E-state index is 13.2. The molecule has 1 saturated heterocycles. The molecule has 0 spiro atoms. The minimum absolute atomic E-state index is 0.200. The quantitative estimate of drug-likeness (QED) is 0.145. The van der Waals surface area contributed by atoms with Crippen molar-refractivity contribution in [3.63, 3.8) is 0 Å². The molecule has 0 aromatic heterocycles. The fourth-order valence-electron chi connectivity index (χ4n) is 3.73. The van der Waals surface area contributed by atoms with E-state index in [-0.39, 0.29) is 14.9 Å². The smallest absolute Gasteiger partial charge is 0.268 e. The van der Waals surface area contributed by atoms with E-state index < -0.39 is 11.8 Å². The van der Waals surface area contributed by atoms with Crippen LogP contribution in [0.4, 0.5) is 0 Å². The highest BCUT2D eigenvalue weighted by Gasteiger charge is 2.38. The molecule has 1 aliphatic heterocycles. The predicted molar refractivity (Wildman–Crippen MR) is 132 cm³/mol. The van der Waals surface area contributed by atoms with Crippen LogP contribution < -0.4 is 0 Å². The van der Waals surface area contributed by atoms with E-state index in [0.29, 0.717) is 4.91 Å². The second kappa shape index (κ2) is 7.93. The lowest BCUT2D eigenvalue weighted by molar-refractivity contribution is -0.120. The van der Waals surface area contributed by atoms with Crippen molar-refractivity contribution in [3.05, 3.63) is 99.9 Å². The number of benzene rings is 4. The Morgan fingerprint density at radius 3 is 2.13 bits per heavy atom. The number of thioether (sulfide) groups is 1. The lowest BCUT2D eigenvalue weighted by Gasteiger charge is -2.13. The van der Waals surface area contributed by atoms with Crippen LogP contribution in [0.5, 0.6) is 0 Å². The Balaban J connectivity index is 1.63. The van der Waals surface area contributed by atoms with E-state index in [4.69, 9.17) is 23.8 Å². The average Bonchev–Trinajstić information content (AvgIpc) is 3.06. The molecule has 3 nitrogen and oxygen atoms in total. The molecule has 4 aromatic carbocycles. The molecule has 0 N–H and O–H groups in total. The molecular formula is C25H14ClNO2S2. The van der Waals surface area contributed by atoms with E-state index in [1.54, 1.807) is 24.3 Å². The summed E-state index contributed by atoms with van der Waals surface area (Å²) in [5.41, 5.74) is 1.18. The van der Waals surface area contributed by atoms with Crippen LogP contribution in [-0.4, -0.2) is 21.0 Å². The third-order valence-corrected chi connectivity index (χ3v) is 6.82. The molecule has 0 aliphatic carbocycles. The Hall–Kier alpha value is -2.99. The van der Waals surface area contributed by atoms with Gasteiger partial charge < -0.3 is 0 Å². The summed E-state index contributed by atoms with van der Waals surface area (Å²) in [6.07, 6.45) is 1.84. The summed E-state index contributed by atoms with van der Waals surface area (Å²) < 4.78 is 0.200. The lowest BCUT2D eigenvalue weighted by atomic mass is 9.96. The second-order valence-corrected chi connectivity index (χ2v) is 9.12. The number of thiocarbonyl (C=S) groups is 1. The maximum absolute atomic E-state index is 13.2. The molecule has 1 heterocycles. The number of nitrogens with zero attached hydrogens (tertiary/aromatic N) is 1. The molecule has 0 saturated carbocycles. The molecule has 2 amide bonds. The van der Waals surface area contributed by atoms with Gasteiger partial charge in [0.2, 0.25) is 0 Å². The van der Waals surface area contributed by atoms with Crippen molar-refractivity contribution in [2.24, 2.45) is 0 Å². The van der Waals surface area contributed by atoms with E-state index in [2.05, 4.69) is 6.07 Å². The fourth-order valence-corrected chi connectivity index (χ4v) is 5.19. The van der Waals surface area contributed by atoms with Crippen LogP contribution >= 0.6 is 35.6 Å². The van der Waals surface area contributed by atoms with Crippen molar-refractivity contribution in [2.45, 2.75) is 0 Å². The third-order valence-electron chi connectivity index (χ3n) is 5.19. The minimum atomic E-state index is -0.515.